The summed E-state index contributed by atoms with van der Waals surface area (Å²) in [6, 6.07) is 10.8. The van der Waals surface area contributed by atoms with E-state index in [1.54, 1.807) is 48.8 Å². The third-order valence-corrected chi connectivity index (χ3v) is 6.36. The first kappa shape index (κ1) is 20.0. The van der Waals surface area contributed by atoms with Crippen LogP contribution in [-0.4, -0.2) is 42.7 Å². The van der Waals surface area contributed by atoms with E-state index in [0.29, 0.717) is 4.90 Å². The van der Waals surface area contributed by atoms with Crippen molar-refractivity contribution < 1.29 is 8.42 Å². The Balaban J connectivity index is 1.56. The molecule has 0 unspecified atom stereocenters. The van der Waals surface area contributed by atoms with E-state index in [1.165, 1.54) is 6.26 Å². The van der Waals surface area contributed by atoms with Crippen LogP contribution in [0.2, 0.25) is 0 Å². The molecule has 1 saturated heterocycles. The van der Waals surface area contributed by atoms with Gasteiger partial charge in [0.1, 0.15) is 5.82 Å². The van der Waals surface area contributed by atoms with Crippen molar-refractivity contribution >= 4 is 27.8 Å². The summed E-state index contributed by atoms with van der Waals surface area (Å²) in [7, 11) is -3.23. The number of nitrogens with zero attached hydrogens (tertiary/aromatic N) is 4. The van der Waals surface area contributed by atoms with E-state index in [4.69, 9.17) is 0 Å². The molecule has 0 saturated carbocycles. The van der Waals surface area contributed by atoms with Crippen molar-refractivity contribution in [3.05, 3.63) is 78.9 Å². The lowest BCUT2D eigenvalue weighted by Crippen LogP contribution is -2.46. The van der Waals surface area contributed by atoms with Gasteiger partial charge in [0.2, 0.25) is 0 Å². The Labute approximate surface area is 176 Å². The molecule has 0 spiro atoms. The number of anilines is 1. The Kier molecular flexibility index (Phi) is 5.22. The summed E-state index contributed by atoms with van der Waals surface area (Å²) < 4.78 is 23.4. The highest BCUT2D eigenvalue weighted by molar-refractivity contribution is 7.90. The smallest absolute Gasteiger partial charge is 0.175 e. The Morgan fingerprint density at radius 2 is 1.70 bits per heavy atom. The fraction of sp³-hybridized carbons (Fsp3) is 0.174. The lowest BCUT2D eigenvalue weighted by molar-refractivity contribution is 0.508. The van der Waals surface area contributed by atoms with Gasteiger partial charge in [-0.3, -0.25) is 9.97 Å². The summed E-state index contributed by atoms with van der Waals surface area (Å²) in [4.78, 5) is 16.3. The number of sulfone groups is 1. The molecule has 0 atom stereocenters. The first-order valence-electron chi connectivity index (χ1n) is 9.53. The minimum Gasteiger partial charge on any atom is -0.355 e. The molecule has 30 heavy (non-hydrogen) atoms. The molecule has 1 aromatic carbocycles. The van der Waals surface area contributed by atoms with Crippen molar-refractivity contribution in [3.63, 3.8) is 0 Å². The lowest BCUT2D eigenvalue weighted by atomic mass is 9.92. The van der Waals surface area contributed by atoms with Crippen LogP contribution in [-0.2, 0) is 9.84 Å². The molecular formula is C23H22N4O2S. The molecule has 0 bridgehead atoms. The Bertz CT molecular complexity index is 1210. The first-order valence-corrected chi connectivity index (χ1v) is 11.4. The van der Waals surface area contributed by atoms with Crippen LogP contribution in [0.15, 0.2) is 66.8 Å². The third kappa shape index (κ3) is 3.76. The Hall–Kier alpha value is -3.32. The molecule has 1 fully saturated rings. The van der Waals surface area contributed by atoms with E-state index in [2.05, 4.69) is 33.0 Å². The van der Waals surface area contributed by atoms with Crippen molar-refractivity contribution in [2.45, 2.75) is 10.8 Å². The van der Waals surface area contributed by atoms with Gasteiger partial charge in [-0.1, -0.05) is 31.4 Å². The van der Waals surface area contributed by atoms with Crippen molar-refractivity contribution in [2.24, 2.45) is 0 Å². The van der Waals surface area contributed by atoms with E-state index in [0.717, 1.165) is 47.1 Å². The number of hydrogen-bond acceptors (Lipinski definition) is 6. The summed E-state index contributed by atoms with van der Waals surface area (Å²) >= 11 is 0. The monoisotopic (exact) mass is 418 g/mol. The van der Waals surface area contributed by atoms with Gasteiger partial charge in [-0.15, -0.1) is 0 Å². The van der Waals surface area contributed by atoms with Crippen LogP contribution in [0.1, 0.15) is 22.9 Å². The van der Waals surface area contributed by atoms with E-state index in [1.807, 2.05) is 12.1 Å². The SMILES string of the molecule is C=Cc1ccc(N2CC(c3nccnc3-c3ccc(S(C)(=O)=O)cc3)C2)nc1C=C. The summed E-state index contributed by atoms with van der Waals surface area (Å²) in [5.41, 5.74) is 4.32. The Morgan fingerprint density at radius 3 is 2.33 bits per heavy atom. The topological polar surface area (TPSA) is 76.1 Å². The molecule has 0 radical (unpaired) electrons. The van der Waals surface area contributed by atoms with Crippen LogP contribution in [0.5, 0.6) is 0 Å². The molecule has 3 heterocycles. The molecule has 152 valence electrons. The maximum absolute atomic E-state index is 11.7. The minimum absolute atomic E-state index is 0.219. The molecule has 1 aliphatic heterocycles. The predicted molar refractivity (Wildman–Crippen MR) is 120 cm³/mol. The van der Waals surface area contributed by atoms with Gasteiger partial charge < -0.3 is 4.90 Å². The van der Waals surface area contributed by atoms with E-state index in [-0.39, 0.29) is 5.92 Å². The maximum atomic E-state index is 11.7. The van der Waals surface area contributed by atoms with E-state index < -0.39 is 9.84 Å². The number of rotatable bonds is 6. The number of benzene rings is 1. The molecule has 0 N–H and O–H groups in total. The lowest BCUT2D eigenvalue weighted by Gasteiger charge is -2.40. The van der Waals surface area contributed by atoms with Gasteiger partial charge in [0.05, 0.1) is 22.0 Å². The van der Waals surface area contributed by atoms with Gasteiger partial charge >= 0.3 is 0 Å². The quantitative estimate of drug-likeness (QED) is 0.606. The Morgan fingerprint density at radius 1 is 1.00 bits per heavy atom. The molecule has 3 aromatic rings. The summed E-state index contributed by atoms with van der Waals surface area (Å²) in [6.07, 6.45) is 8.06. The second kappa shape index (κ2) is 7.84. The first-order chi connectivity index (χ1) is 14.4. The summed E-state index contributed by atoms with van der Waals surface area (Å²) in [6.45, 7) is 9.20. The highest BCUT2D eigenvalue weighted by Gasteiger charge is 2.32. The average Bonchev–Trinajstić information content (AvgIpc) is 2.72. The summed E-state index contributed by atoms with van der Waals surface area (Å²) in [5, 5.41) is 0. The van der Waals surface area contributed by atoms with Gasteiger partial charge in [0.25, 0.3) is 0 Å². The molecule has 0 aliphatic carbocycles. The fourth-order valence-corrected chi connectivity index (χ4v) is 4.19. The third-order valence-electron chi connectivity index (χ3n) is 5.23. The van der Waals surface area contributed by atoms with Gasteiger partial charge in [-0.25, -0.2) is 13.4 Å². The predicted octanol–water partition coefficient (Wildman–Crippen LogP) is 3.83. The van der Waals surface area contributed by atoms with Crippen LogP contribution in [0.4, 0.5) is 5.82 Å². The fourth-order valence-electron chi connectivity index (χ4n) is 3.56. The molecule has 1 aliphatic rings. The zero-order valence-corrected chi connectivity index (χ0v) is 17.5. The second-order valence-corrected chi connectivity index (χ2v) is 9.26. The van der Waals surface area contributed by atoms with Crippen LogP contribution in [0.3, 0.4) is 0 Å². The maximum Gasteiger partial charge on any atom is 0.175 e. The van der Waals surface area contributed by atoms with Gasteiger partial charge in [0.15, 0.2) is 9.84 Å². The van der Waals surface area contributed by atoms with Crippen LogP contribution in [0, 0.1) is 0 Å². The average molecular weight is 419 g/mol. The van der Waals surface area contributed by atoms with Gasteiger partial charge in [-0.2, -0.15) is 0 Å². The van der Waals surface area contributed by atoms with Crippen LogP contribution < -0.4 is 4.90 Å². The van der Waals surface area contributed by atoms with E-state index in [9.17, 15) is 8.42 Å². The van der Waals surface area contributed by atoms with Crippen molar-refractivity contribution in [3.8, 4) is 11.3 Å². The summed E-state index contributed by atoms with van der Waals surface area (Å²) in [5.74, 6) is 1.12. The normalized spacial score (nSPS) is 14.2. The largest absolute Gasteiger partial charge is 0.355 e. The molecular weight excluding hydrogens is 396 g/mol. The van der Waals surface area contributed by atoms with Crippen LogP contribution >= 0.6 is 0 Å². The minimum atomic E-state index is -3.23. The number of pyridine rings is 1. The number of hydrogen-bond donors (Lipinski definition) is 0. The van der Waals surface area contributed by atoms with Gasteiger partial charge in [-0.05, 0) is 35.9 Å². The second-order valence-electron chi connectivity index (χ2n) is 7.24. The molecule has 0 amide bonds. The van der Waals surface area contributed by atoms with Crippen molar-refractivity contribution in [2.75, 3.05) is 24.2 Å². The zero-order chi connectivity index (χ0) is 21.3. The van der Waals surface area contributed by atoms with Crippen molar-refractivity contribution in [1.29, 1.82) is 0 Å². The van der Waals surface area contributed by atoms with E-state index >= 15 is 0 Å². The molecule has 4 rings (SSSR count). The standard InChI is InChI=1S/C23H22N4O2S/c1-4-16-8-11-21(26-20(16)5-2)27-14-18(15-27)23-22(24-12-13-25-23)17-6-9-19(10-7-17)30(3,28)29/h4-13,18H,1-2,14-15H2,3H3. The van der Waals surface area contributed by atoms with Crippen LogP contribution in [0.25, 0.3) is 23.4 Å². The highest BCUT2D eigenvalue weighted by atomic mass is 32.2. The van der Waals surface area contributed by atoms with Crippen molar-refractivity contribution in [1.82, 2.24) is 15.0 Å². The van der Waals surface area contributed by atoms with Gasteiger partial charge in [0, 0.05) is 43.2 Å². The number of aromatic nitrogens is 3. The zero-order valence-electron chi connectivity index (χ0n) is 16.7. The molecule has 2 aromatic heterocycles. The molecule has 6 nitrogen and oxygen atoms in total. The highest BCUT2D eigenvalue weighted by Crippen LogP contribution is 2.34. The molecule has 7 heteroatoms.